The maximum absolute atomic E-state index is 13.3. The Morgan fingerprint density at radius 2 is 1.79 bits per heavy atom. The van der Waals surface area contributed by atoms with E-state index in [1.807, 2.05) is 0 Å². The largest absolute Gasteiger partial charge is 0.416 e. The maximum atomic E-state index is 13.3. The first kappa shape index (κ1) is 23.4. The third-order valence-electron chi connectivity index (χ3n) is 5.54. The van der Waals surface area contributed by atoms with E-state index in [2.05, 4.69) is 5.32 Å². The van der Waals surface area contributed by atoms with Gasteiger partial charge in [0.2, 0.25) is 0 Å². The number of hydrogen-bond donors (Lipinski definition) is 1. The molecule has 0 unspecified atom stereocenters. The second-order valence-electron chi connectivity index (χ2n) is 7.89. The monoisotopic (exact) mass is 472 g/mol. The fraction of sp³-hybridized carbons (Fsp3) is 0.200. The molecule has 3 aromatic carbocycles. The zero-order valence-electron chi connectivity index (χ0n) is 18.0. The lowest BCUT2D eigenvalue weighted by Gasteiger charge is -2.19. The van der Waals surface area contributed by atoms with Crippen LogP contribution in [0.3, 0.4) is 0 Å². The van der Waals surface area contributed by atoms with Gasteiger partial charge in [-0.15, -0.1) is 0 Å². The predicted octanol–water partition coefficient (Wildman–Crippen LogP) is 4.89. The van der Waals surface area contributed by atoms with Gasteiger partial charge in [0, 0.05) is 5.56 Å². The summed E-state index contributed by atoms with van der Waals surface area (Å²) in [6, 6.07) is 14.3. The third-order valence-corrected chi connectivity index (χ3v) is 5.54. The zero-order valence-corrected chi connectivity index (χ0v) is 18.0. The molecule has 4 rings (SSSR count). The molecule has 9 heteroatoms. The van der Waals surface area contributed by atoms with E-state index < -0.39 is 35.4 Å². The van der Waals surface area contributed by atoms with Crippen molar-refractivity contribution in [2.45, 2.75) is 25.7 Å². The molecule has 3 aromatic rings. The molecule has 1 fully saturated rings. The van der Waals surface area contributed by atoms with Gasteiger partial charge < -0.3 is 5.32 Å². The molecule has 34 heavy (non-hydrogen) atoms. The normalized spacial score (nSPS) is 16.1. The Morgan fingerprint density at radius 1 is 1.09 bits per heavy atom. The first-order chi connectivity index (χ1) is 16.1. The van der Waals surface area contributed by atoms with Crippen molar-refractivity contribution in [3.05, 3.63) is 94.8 Å². The van der Waals surface area contributed by atoms with Gasteiger partial charge in [-0.05, 0) is 59.5 Å². The summed E-state index contributed by atoms with van der Waals surface area (Å²) in [5.74, 6) is -1.51. The number of amides is 2. The number of rotatable bonds is 5. The highest BCUT2D eigenvalue weighted by Crippen LogP contribution is 2.34. The van der Waals surface area contributed by atoms with Crippen molar-refractivity contribution in [3.63, 3.8) is 0 Å². The molecular weight excluding hydrogens is 452 g/mol. The van der Waals surface area contributed by atoms with Gasteiger partial charge >= 0.3 is 6.18 Å². The lowest BCUT2D eigenvalue weighted by Crippen LogP contribution is -2.42. The first-order valence-electron chi connectivity index (χ1n) is 10.4. The van der Waals surface area contributed by atoms with Crippen LogP contribution in [0.2, 0.25) is 0 Å². The van der Waals surface area contributed by atoms with Crippen molar-refractivity contribution in [1.29, 1.82) is 0 Å². The van der Waals surface area contributed by atoms with Crippen LogP contribution >= 0.6 is 0 Å². The number of aryl methyl sites for hydroxylation is 1. The van der Waals surface area contributed by atoms with E-state index in [4.69, 9.17) is 4.84 Å². The van der Waals surface area contributed by atoms with Gasteiger partial charge in [-0.25, -0.2) is 9.45 Å². The quantitative estimate of drug-likeness (QED) is 0.538. The average Bonchev–Trinajstić information content (AvgIpc) is 3.13. The molecule has 0 saturated carbocycles. The molecule has 1 aliphatic rings. The van der Waals surface area contributed by atoms with Gasteiger partial charge in [-0.2, -0.15) is 13.2 Å². The second-order valence-corrected chi connectivity index (χ2v) is 7.89. The lowest BCUT2D eigenvalue weighted by molar-refractivity contribution is -0.164. The zero-order chi connectivity index (χ0) is 24.5. The molecule has 0 spiro atoms. The molecule has 0 bridgehead atoms. The molecule has 0 aromatic heterocycles. The minimum absolute atomic E-state index is 0.151. The smallest absolute Gasteiger partial charge is 0.338 e. The number of hydroxylamine groups is 2. The van der Waals surface area contributed by atoms with E-state index in [0.29, 0.717) is 16.7 Å². The molecule has 5 nitrogen and oxygen atoms in total. The lowest BCUT2D eigenvalue weighted by atomic mass is 9.97. The molecule has 2 amide bonds. The minimum Gasteiger partial charge on any atom is -0.338 e. The Bertz CT molecular complexity index is 1230. The van der Waals surface area contributed by atoms with Gasteiger partial charge in [-0.3, -0.25) is 14.4 Å². The van der Waals surface area contributed by atoms with Crippen molar-refractivity contribution < 1.29 is 32.0 Å². The summed E-state index contributed by atoms with van der Waals surface area (Å²) in [5, 5.41) is 3.55. The molecule has 1 aliphatic heterocycles. The van der Waals surface area contributed by atoms with Gasteiger partial charge in [0.05, 0.1) is 12.1 Å². The Kier molecular flexibility index (Phi) is 6.39. The van der Waals surface area contributed by atoms with Gasteiger partial charge in [0.25, 0.3) is 11.8 Å². The van der Waals surface area contributed by atoms with E-state index in [0.717, 1.165) is 22.8 Å². The van der Waals surface area contributed by atoms with Gasteiger partial charge in [0.1, 0.15) is 18.5 Å². The van der Waals surface area contributed by atoms with E-state index in [1.165, 1.54) is 30.3 Å². The van der Waals surface area contributed by atoms with Crippen LogP contribution in [-0.2, 0) is 22.4 Å². The highest BCUT2D eigenvalue weighted by molar-refractivity contribution is 5.98. The Morgan fingerprint density at radius 3 is 2.47 bits per heavy atom. The van der Waals surface area contributed by atoms with E-state index in [9.17, 15) is 27.2 Å². The van der Waals surface area contributed by atoms with Crippen LogP contribution in [0.15, 0.2) is 66.7 Å². The van der Waals surface area contributed by atoms with Crippen molar-refractivity contribution in [2.75, 3.05) is 6.61 Å². The topological polar surface area (TPSA) is 58.6 Å². The number of benzene rings is 3. The Hall–Kier alpha value is -3.72. The summed E-state index contributed by atoms with van der Waals surface area (Å²) in [5.41, 5.74) is 1.31. The average molecular weight is 472 g/mol. The molecule has 1 saturated heterocycles. The number of carbonyl (C=O) groups excluding carboxylic acids is 2. The van der Waals surface area contributed by atoms with Crippen molar-refractivity contribution >= 4 is 11.8 Å². The Labute approximate surface area is 192 Å². The third kappa shape index (κ3) is 4.94. The van der Waals surface area contributed by atoms with Crippen molar-refractivity contribution in [3.8, 4) is 11.1 Å². The predicted molar refractivity (Wildman–Crippen MR) is 116 cm³/mol. The SMILES string of the molecule is Cc1ccccc1C(=O)N[C@@H]1CON(Cc2cc(C(F)(F)F)ccc2-c2ccc(F)cc2)C1=O. The molecule has 1 atom stereocenters. The number of nitrogens with one attached hydrogen (secondary N) is 1. The highest BCUT2D eigenvalue weighted by atomic mass is 19.4. The molecular formula is C25H20F4N2O3. The summed E-state index contributed by atoms with van der Waals surface area (Å²) in [4.78, 5) is 30.8. The van der Waals surface area contributed by atoms with Gasteiger partial charge in [0.15, 0.2) is 0 Å². The van der Waals surface area contributed by atoms with Crippen molar-refractivity contribution in [2.24, 2.45) is 0 Å². The van der Waals surface area contributed by atoms with Gasteiger partial charge in [-0.1, -0.05) is 36.4 Å². The van der Waals surface area contributed by atoms with E-state index in [-0.39, 0.29) is 18.7 Å². The molecule has 0 aliphatic carbocycles. The number of halogens is 4. The summed E-state index contributed by atoms with van der Waals surface area (Å²) < 4.78 is 53.3. The second kappa shape index (κ2) is 9.26. The summed E-state index contributed by atoms with van der Waals surface area (Å²) in [7, 11) is 0. The maximum Gasteiger partial charge on any atom is 0.416 e. The molecule has 1 heterocycles. The fourth-order valence-electron chi connectivity index (χ4n) is 3.73. The van der Waals surface area contributed by atoms with Crippen LogP contribution in [0, 0.1) is 12.7 Å². The summed E-state index contributed by atoms with van der Waals surface area (Å²) >= 11 is 0. The first-order valence-corrected chi connectivity index (χ1v) is 10.4. The van der Waals surface area contributed by atoms with E-state index >= 15 is 0 Å². The molecule has 1 N–H and O–H groups in total. The van der Waals surface area contributed by atoms with E-state index in [1.54, 1.807) is 31.2 Å². The standard InChI is InChI=1S/C25H20F4N2O3/c1-15-4-2-3-5-20(15)23(32)30-22-14-34-31(24(22)33)13-17-12-18(25(27,28)29)8-11-21(17)16-6-9-19(26)10-7-16/h2-12,22H,13-14H2,1H3,(H,30,32)/t22-/m1/s1. The molecule has 176 valence electrons. The molecule has 0 radical (unpaired) electrons. The van der Waals surface area contributed by atoms with Crippen LogP contribution in [0.1, 0.15) is 27.0 Å². The van der Waals surface area contributed by atoms with Crippen LogP contribution in [-0.4, -0.2) is 29.5 Å². The minimum atomic E-state index is -4.59. The summed E-state index contributed by atoms with van der Waals surface area (Å²) in [6.45, 7) is 1.33. The van der Waals surface area contributed by atoms with Crippen LogP contribution in [0.25, 0.3) is 11.1 Å². The number of nitrogens with zero attached hydrogens (tertiary/aromatic N) is 1. The highest BCUT2D eigenvalue weighted by Gasteiger charge is 2.36. The van der Waals surface area contributed by atoms with Crippen molar-refractivity contribution in [1.82, 2.24) is 10.4 Å². The number of alkyl halides is 3. The summed E-state index contributed by atoms with van der Waals surface area (Å²) in [6.07, 6.45) is -4.59. The number of carbonyl (C=O) groups is 2. The number of hydrogen-bond acceptors (Lipinski definition) is 3. The van der Waals surface area contributed by atoms with Crippen LogP contribution < -0.4 is 5.32 Å². The van der Waals surface area contributed by atoms with Crippen LogP contribution in [0.4, 0.5) is 17.6 Å². The Balaban J connectivity index is 1.57. The fourth-order valence-corrected chi connectivity index (χ4v) is 3.73. The van der Waals surface area contributed by atoms with Crippen LogP contribution in [0.5, 0.6) is 0 Å².